The minimum absolute atomic E-state index is 0.121. The molecule has 3 heteroatoms. The first kappa shape index (κ1) is 25.8. The molecular weight excluding hydrogens is 546 g/mol. The number of aromatic nitrogens is 3. The lowest BCUT2D eigenvalue weighted by molar-refractivity contribution is 0.662. The quantitative estimate of drug-likeness (QED) is 0.197. The average Bonchev–Trinajstić information content (AvgIpc) is 3.34. The number of fused-ring (bicyclic) bond motifs is 7. The molecule has 3 nitrogen and oxygen atoms in total. The standard InChI is InChI=1S/C42H29N3/c1-42(2)37-13-4-3-10-35(37)36-12-5-11-34(39(36)42)32-22-30(28-16-14-26-8-6-18-43-38(26)24-28)21-31(23-32)33-20-29-17-15-27-9-7-19-44-40(27)41(29)45-25-33/h3-25H,1-2H3. The number of nitrogens with zero attached hydrogens (tertiary/aromatic N) is 3. The summed E-state index contributed by atoms with van der Waals surface area (Å²) in [5.74, 6) is 0. The average molecular weight is 576 g/mol. The van der Waals surface area contributed by atoms with E-state index in [-0.39, 0.29) is 5.41 Å². The van der Waals surface area contributed by atoms with Gasteiger partial charge in [0.15, 0.2) is 0 Å². The fraction of sp³-hybridized carbons (Fsp3) is 0.0714. The van der Waals surface area contributed by atoms with Gasteiger partial charge in [-0.15, -0.1) is 0 Å². The monoisotopic (exact) mass is 575 g/mol. The topological polar surface area (TPSA) is 38.7 Å². The molecule has 0 unspecified atom stereocenters. The van der Waals surface area contributed by atoms with E-state index in [1.54, 1.807) is 0 Å². The summed E-state index contributed by atoms with van der Waals surface area (Å²) in [6, 6.07) is 43.8. The summed E-state index contributed by atoms with van der Waals surface area (Å²) in [6.45, 7) is 4.71. The molecule has 0 spiro atoms. The largest absolute Gasteiger partial charge is 0.256 e. The van der Waals surface area contributed by atoms with Crippen LogP contribution in [0.4, 0.5) is 0 Å². The highest BCUT2D eigenvalue weighted by Gasteiger charge is 2.37. The Kier molecular flexibility index (Phi) is 5.54. The third-order valence-electron chi connectivity index (χ3n) is 9.52. The van der Waals surface area contributed by atoms with Crippen LogP contribution in [0.5, 0.6) is 0 Å². The van der Waals surface area contributed by atoms with Crippen molar-refractivity contribution in [2.45, 2.75) is 19.3 Å². The number of pyridine rings is 3. The van der Waals surface area contributed by atoms with Crippen LogP contribution < -0.4 is 0 Å². The van der Waals surface area contributed by atoms with Crippen LogP contribution in [0.1, 0.15) is 25.0 Å². The lowest BCUT2D eigenvalue weighted by atomic mass is 9.78. The fourth-order valence-electron chi connectivity index (χ4n) is 7.34. The van der Waals surface area contributed by atoms with E-state index < -0.39 is 0 Å². The normalized spacial score (nSPS) is 13.3. The van der Waals surface area contributed by atoms with Gasteiger partial charge >= 0.3 is 0 Å². The lowest BCUT2D eigenvalue weighted by Crippen LogP contribution is -2.16. The van der Waals surface area contributed by atoms with Crippen molar-refractivity contribution in [3.8, 4) is 44.5 Å². The molecule has 0 radical (unpaired) electrons. The highest BCUT2D eigenvalue weighted by Crippen LogP contribution is 2.52. The van der Waals surface area contributed by atoms with Crippen molar-refractivity contribution in [2.75, 3.05) is 0 Å². The van der Waals surface area contributed by atoms with Crippen molar-refractivity contribution in [3.05, 3.63) is 151 Å². The van der Waals surface area contributed by atoms with Gasteiger partial charge in [-0.2, -0.15) is 0 Å². The van der Waals surface area contributed by atoms with Crippen molar-refractivity contribution in [3.63, 3.8) is 0 Å². The lowest BCUT2D eigenvalue weighted by Gasteiger charge is -2.25. The summed E-state index contributed by atoms with van der Waals surface area (Å²) in [5.41, 5.74) is 15.1. The van der Waals surface area contributed by atoms with Crippen molar-refractivity contribution in [1.29, 1.82) is 0 Å². The predicted octanol–water partition coefficient (Wildman–Crippen LogP) is 10.6. The Hall–Kier alpha value is -5.67. The molecule has 3 aromatic heterocycles. The Morgan fingerprint density at radius 2 is 1.13 bits per heavy atom. The minimum atomic E-state index is -0.121. The molecule has 1 aliphatic rings. The summed E-state index contributed by atoms with van der Waals surface area (Å²) in [4.78, 5) is 14.3. The van der Waals surface area contributed by atoms with Gasteiger partial charge in [0.25, 0.3) is 0 Å². The molecule has 45 heavy (non-hydrogen) atoms. The van der Waals surface area contributed by atoms with E-state index in [1.807, 2.05) is 30.7 Å². The molecule has 0 N–H and O–H groups in total. The van der Waals surface area contributed by atoms with Crippen LogP contribution in [0, 0.1) is 0 Å². The zero-order valence-electron chi connectivity index (χ0n) is 25.1. The Balaban J connectivity index is 1.28. The highest BCUT2D eigenvalue weighted by molar-refractivity contribution is 6.03. The molecule has 3 heterocycles. The summed E-state index contributed by atoms with van der Waals surface area (Å²) in [7, 11) is 0. The molecule has 0 amide bonds. The maximum Gasteiger partial charge on any atom is 0.0964 e. The maximum atomic E-state index is 4.97. The highest BCUT2D eigenvalue weighted by atomic mass is 14.7. The van der Waals surface area contributed by atoms with Gasteiger partial charge in [0.05, 0.1) is 16.6 Å². The maximum absolute atomic E-state index is 4.97. The molecular formula is C42H29N3. The van der Waals surface area contributed by atoms with Crippen LogP contribution >= 0.6 is 0 Å². The van der Waals surface area contributed by atoms with Crippen LogP contribution in [0.2, 0.25) is 0 Å². The van der Waals surface area contributed by atoms with Crippen LogP contribution in [-0.4, -0.2) is 15.0 Å². The number of hydrogen-bond donors (Lipinski definition) is 0. The van der Waals surface area contributed by atoms with Gasteiger partial charge in [0.1, 0.15) is 0 Å². The van der Waals surface area contributed by atoms with E-state index in [0.717, 1.165) is 55.0 Å². The Morgan fingerprint density at radius 1 is 0.444 bits per heavy atom. The van der Waals surface area contributed by atoms with Gasteiger partial charge in [-0.1, -0.05) is 92.7 Å². The van der Waals surface area contributed by atoms with Crippen molar-refractivity contribution >= 4 is 32.7 Å². The van der Waals surface area contributed by atoms with Gasteiger partial charge in [0.2, 0.25) is 0 Å². The van der Waals surface area contributed by atoms with Crippen LogP contribution in [-0.2, 0) is 5.41 Å². The molecule has 0 atom stereocenters. The Labute approximate surface area is 261 Å². The summed E-state index contributed by atoms with van der Waals surface area (Å²) in [5, 5.41) is 3.32. The molecule has 0 fully saturated rings. The summed E-state index contributed by atoms with van der Waals surface area (Å²) >= 11 is 0. The molecule has 212 valence electrons. The smallest absolute Gasteiger partial charge is 0.0964 e. The molecule has 0 aliphatic heterocycles. The molecule has 0 saturated heterocycles. The molecule has 1 aliphatic carbocycles. The Bertz CT molecular complexity index is 2470. The zero-order chi connectivity index (χ0) is 30.1. The number of benzene rings is 5. The zero-order valence-corrected chi connectivity index (χ0v) is 25.1. The van der Waals surface area contributed by atoms with E-state index >= 15 is 0 Å². The van der Waals surface area contributed by atoms with Gasteiger partial charge in [-0.25, -0.2) is 0 Å². The predicted molar refractivity (Wildman–Crippen MR) is 186 cm³/mol. The molecule has 5 aromatic carbocycles. The van der Waals surface area contributed by atoms with Gasteiger partial charge in [0, 0.05) is 45.7 Å². The molecule has 0 saturated carbocycles. The third-order valence-corrected chi connectivity index (χ3v) is 9.52. The van der Waals surface area contributed by atoms with Gasteiger partial charge < -0.3 is 0 Å². The number of hydrogen-bond acceptors (Lipinski definition) is 3. The molecule has 9 rings (SSSR count). The van der Waals surface area contributed by atoms with Crippen LogP contribution in [0.3, 0.4) is 0 Å². The van der Waals surface area contributed by atoms with Crippen molar-refractivity contribution in [1.82, 2.24) is 15.0 Å². The second-order valence-corrected chi connectivity index (χ2v) is 12.5. The summed E-state index contributed by atoms with van der Waals surface area (Å²) < 4.78 is 0. The van der Waals surface area contributed by atoms with Crippen molar-refractivity contribution < 1.29 is 0 Å². The number of rotatable bonds is 3. The SMILES string of the molecule is CC1(C)c2ccccc2-c2cccc(-c3cc(-c4cnc5c(ccc6cccnc65)c4)cc(-c4ccc5cccnc5c4)c3)c21. The molecule has 0 bridgehead atoms. The first-order valence-corrected chi connectivity index (χ1v) is 15.4. The van der Waals surface area contributed by atoms with Crippen LogP contribution in [0.25, 0.3) is 77.2 Å². The second-order valence-electron chi connectivity index (χ2n) is 12.5. The Morgan fingerprint density at radius 3 is 2.04 bits per heavy atom. The van der Waals surface area contributed by atoms with E-state index in [2.05, 4.69) is 133 Å². The second kappa shape index (κ2) is 9.67. The first-order chi connectivity index (χ1) is 22.0. The van der Waals surface area contributed by atoms with E-state index in [1.165, 1.54) is 33.4 Å². The van der Waals surface area contributed by atoms with Gasteiger partial charge in [-0.05, 0) is 92.5 Å². The summed E-state index contributed by atoms with van der Waals surface area (Å²) in [6.07, 6.45) is 5.69. The molecule has 8 aromatic rings. The first-order valence-electron chi connectivity index (χ1n) is 15.4. The van der Waals surface area contributed by atoms with Crippen molar-refractivity contribution in [2.24, 2.45) is 0 Å². The fourth-order valence-corrected chi connectivity index (χ4v) is 7.34. The van der Waals surface area contributed by atoms with E-state index in [0.29, 0.717) is 0 Å². The van der Waals surface area contributed by atoms with Gasteiger partial charge in [-0.3, -0.25) is 15.0 Å². The van der Waals surface area contributed by atoms with E-state index in [4.69, 9.17) is 4.98 Å². The minimum Gasteiger partial charge on any atom is -0.256 e. The van der Waals surface area contributed by atoms with Crippen LogP contribution in [0.15, 0.2) is 140 Å². The van der Waals surface area contributed by atoms with E-state index in [9.17, 15) is 0 Å². The third kappa shape index (κ3) is 4.01.